The van der Waals surface area contributed by atoms with Gasteiger partial charge in [-0.3, -0.25) is 4.79 Å². The van der Waals surface area contributed by atoms with Crippen LogP contribution in [-0.2, 0) is 4.74 Å². The number of thiol groups is 1. The van der Waals surface area contributed by atoms with Crippen LogP contribution in [0.25, 0.3) is 0 Å². The van der Waals surface area contributed by atoms with Crippen LogP contribution in [0.1, 0.15) is 23.2 Å². The summed E-state index contributed by atoms with van der Waals surface area (Å²) >= 11 is 4.12. The molecule has 1 aromatic rings. The van der Waals surface area contributed by atoms with Crippen LogP contribution in [0.15, 0.2) is 23.1 Å². The highest BCUT2D eigenvalue weighted by Crippen LogP contribution is 2.28. The van der Waals surface area contributed by atoms with Gasteiger partial charge >= 0.3 is 0 Å². The Morgan fingerprint density at radius 1 is 1.53 bits per heavy atom. The number of rotatable bonds is 6. The van der Waals surface area contributed by atoms with Gasteiger partial charge in [-0.05, 0) is 37.0 Å². The largest absolute Gasteiger partial charge is 0.379 e. The van der Waals surface area contributed by atoms with Gasteiger partial charge in [-0.2, -0.15) is 0 Å². The van der Waals surface area contributed by atoms with Crippen molar-refractivity contribution in [1.29, 1.82) is 0 Å². The molecular formula is C14H18FNO2S. The van der Waals surface area contributed by atoms with Crippen LogP contribution in [0.3, 0.4) is 0 Å². The third-order valence-electron chi connectivity index (χ3n) is 3.15. The summed E-state index contributed by atoms with van der Waals surface area (Å²) in [6, 6.07) is 4.23. The van der Waals surface area contributed by atoms with Crippen molar-refractivity contribution in [2.75, 3.05) is 26.8 Å². The SMILES string of the molecule is CN(CCOCC1CC1)C(=O)c1cc(S)ccc1F. The fourth-order valence-electron chi connectivity index (χ4n) is 1.72. The lowest BCUT2D eigenvalue weighted by molar-refractivity contribution is 0.0677. The average Bonchev–Trinajstić information content (AvgIpc) is 3.20. The van der Waals surface area contributed by atoms with E-state index in [1.165, 1.54) is 35.9 Å². The van der Waals surface area contributed by atoms with E-state index >= 15 is 0 Å². The fourth-order valence-corrected chi connectivity index (χ4v) is 1.92. The minimum atomic E-state index is -0.520. The maximum absolute atomic E-state index is 13.6. The summed E-state index contributed by atoms with van der Waals surface area (Å²) in [7, 11) is 1.65. The first kappa shape index (κ1) is 14.3. The Balaban J connectivity index is 1.84. The van der Waals surface area contributed by atoms with Gasteiger partial charge in [0.05, 0.1) is 12.2 Å². The predicted octanol–water partition coefficient (Wildman–Crippen LogP) is 2.61. The number of benzene rings is 1. The number of amides is 1. The maximum Gasteiger partial charge on any atom is 0.256 e. The summed E-state index contributed by atoms with van der Waals surface area (Å²) in [4.78, 5) is 14.1. The highest BCUT2D eigenvalue weighted by Gasteiger charge is 2.21. The van der Waals surface area contributed by atoms with Crippen molar-refractivity contribution in [3.05, 3.63) is 29.6 Å². The molecule has 0 saturated heterocycles. The van der Waals surface area contributed by atoms with Crippen LogP contribution in [-0.4, -0.2) is 37.6 Å². The Hall–Kier alpha value is -1.07. The number of hydrogen-bond donors (Lipinski definition) is 1. The van der Waals surface area contributed by atoms with Gasteiger partial charge in [-0.1, -0.05) is 0 Å². The van der Waals surface area contributed by atoms with Crippen LogP contribution < -0.4 is 0 Å². The monoisotopic (exact) mass is 283 g/mol. The van der Waals surface area contributed by atoms with E-state index < -0.39 is 5.82 Å². The predicted molar refractivity (Wildman–Crippen MR) is 74.2 cm³/mol. The quantitative estimate of drug-likeness (QED) is 0.642. The molecule has 0 aliphatic heterocycles. The van der Waals surface area contributed by atoms with Crippen molar-refractivity contribution in [3.63, 3.8) is 0 Å². The van der Waals surface area contributed by atoms with E-state index in [9.17, 15) is 9.18 Å². The molecule has 5 heteroatoms. The molecule has 2 rings (SSSR count). The molecule has 0 heterocycles. The zero-order valence-electron chi connectivity index (χ0n) is 10.9. The molecule has 1 aliphatic carbocycles. The minimum Gasteiger partial charge on any atom is -0.379 e. The highest BCUT2D eigenvalue weighted by molar-refractivity contribution is 7.80. The van der Waals surface area contributed by atoms with Gasteiger partial charge in [0.1, 0.15) is 5.82 Å². The lowest BCUT2D eigenvalue weighted by atomic mass is 10.2. The molecule has 1 aliphatic rings. The second-order valence-electron chi connectivity index (χ2n) is 4.91. The molecule has 19 heavy (non-hydrogen) atoms. The average molecular weight is 283 g/mol. The molecule has 104 valence electrons. The van der Waals surface area contributed by atoms with E-state index in [0.717, 1.165) is 6.61 Å². The standard InChI is InChI=1S/C14H18FNO2S/c1-16(6-7-18-9-10-2-3-10)14(17)12-8-11(19)4-5-13(12)15/h4-5,8,10,19H,2-3,6-7,9H2,1H3. The van der Waals surface area contributed by atoms with Crippen molar-refractivity contribution in [1.82, 2.24) is 4.90 Å². The third kappa shape index (κ3) is 4.21. The summed E-state index contributed by atoms with van der Waals surface area (Å²) in [5, 5.41) is 0. The van der Waals surface area contributed by atoms with E-state index in [4.69, 9.17) is 4.74 Å². The first-order valence-corrected chi connectivity index (χ1v) is 6.84. The maximum atomic E-state index is 13.6. The Morgan fingerprint density at radius 2 is 2.26 bits per heavy atom. The van der Waals surface area contributed by atoms with Gasteiger partial charge in [0.15, 0.2) is 0 Å². The van der Waals surface area contributed by atoms with Crippen molar-refractivity contribution < 1.29 is 13.9 Å². The highest BCUT2D eigenvalue weighted by atomic mass is 32.1. The molecule has 0 unspecified atom stereocenters. The second kappa shape index (κ2) is 6.39. The van der Waals surface area contributed by atoms with Gasteiger partial charge < -0.3 is 9.64 Å². The van der Waals surface area contributed by atoms with Gasteiger partial charge in [0.2, 0.25) is 0 Å². The van der Waals surface area contributed by atoms with Crippen molar-refractivity contribution >= 4 is 18.5 Å². The number of nitrogens with zero attached hydrogens (tertiary/aromatic N) is 1. The summed E-state index contributed by atoms with van der Waals surface area (Å²) < 4.78 is 19.0. The van der Waals surface area contributed by atoms with E-state index in [1.54, 1.807) is 7.05 Å². The zero-order valence-corrected chi connectivity index (χ0v) is 11.8. The molecule has 1 fully saturated rings. The first-order valence-electron chi connectivity index (χ1n) is 6.39. The lowest BCUT2D eigenvalue weighted by Crippen LogP contribution is -2.31. The van der Waals surface area contributed by atoms with E-state index in [2.05, 4.69) is 12.6 Å². The van der Waals surface area contributed by atoms with E-state index in [-0.39, 0.29) is 11.5 Å². The Kier molecular flexibility index (Phi) is 4.82. The van der Waals surface area contributed by atoms with Crippen LogP contribution >= 0.6 is 12.6 Å². The molecule has 0 bridgehead atoms. The Bertz CT molecular complexity index is 463. The van der Waals surface area contributed by atoms with Gasteiger partial charge in [-0.25, -0.2) is 4.39 Å². The van der Waals surface area contributed by atoms with Crippen LogP contribution in [0.5, 0.6) is 0 Å². The van der Waals surface area contributed by atoms with Crippen LogP contribution in [0, 0.1) is 11.7 Å². The molecule has 3 nitrogen and oxygen atoms in total. The normalized spacial score (nSPS) is 14.5. The minimum absolute atomic E-state index is 0.0530. The first-order chi connectivity index (χ1) is 9.08. The molecule has 0 N–H and O–H groups in total. The number of carbonyl (C=O) groups is 1. The molecule has 1 saturated carbocycles. The van der Waals surface area contributed by atoms with E-state index in [0.29, 0.717) is 24.0 Å². The topological polar surface area (TPSA) is 29.5 Å². The molecule has 0 spiro atoms. The number of likely N-dealkylation sites (N-methyl/N-ethyl adjacent to an activating group) is 1. The molecule has 1 amide bonds. The van der Waals surface area contributed by atoms with Crippen molar-refractivity contribution in [2.45, 2.75) is 17.7 Å². The summed E-state index contributed by atoms with van der Waals surface area (Å²) in [6.07, 6.45) is 2.49. The van der Waals surface area contributed by atoms with Gasteiger partial charge in [-0.15, -0.1) is 12.6 Å². The molecule has 0 aromatic heterocycles. The van der Waals surface area contributed by atoms with Crippen LogP contribution in [0.4, 0.5) is 4.39 Å². The molecule has 0 atom stereocenters. The lowest BCUT2D eigenvalue weighted by Gasteiger charge is -2.17. The summed E-state index contributed by atoms with van der Waals surface area (Å²) in [5.74, 6) is -0.156. The van der Waals surface area contributed by atoms with Crippen molar-refractivity contribution in [2.24, 2.45) is 5.92 Å². The molecule has 0 radical (unpaired) electrons. The second-order valence-corrected chi connectivity index (χ2v) is 5.43. The number of hydrogen-bond acceptors (Lipinski definition) is 3. The molecule has 1 aromatic carbocycles. The Morgan fingerprint density at radius 3 is 2.95 bits per heavy atom. The molecular weight excluding hydrogens is 265 g/mol. The zero-order chi connectivity index (χ0) is 13.8. The fraction of sp³-hybridized carbons (Fsp3) is 0.500. The van der Waals surface area contributed by atoms with Crippen LogP contribution in [0.2, 0.25) is 0 Å². The number of ether oxygens (including phenoxy) is 1. The van der Waals surface area contributed by atoms with Gasteiger partial charge in [0, 0.05) is 25.1 Å². The van der Waals surface area contributed by atoms with Crippen molar-refractivity contribution in [3.8, 4) is 0 Å². The van der Waals surface area contributed by atoms with E-state index in [1.807, 2.05) is 0 Å². The number of carbonyl (C=O) groups excluding carboxylic acids is 1. The summed E-state index contributed by atoms with van der Waals surface area (Å²) in [5.41, 5.74) is 0.0530. The third-order valence-corrected chi connectivity index (χ3v) is 3.43. The summed E-state index contributed by atoms with van der Waals surface area (Å²) in [6.45, 7) is 1.71. The Labute approximate surface area is 118 Å². The number of halogens is 1. The smallest absolute Gasteiger partial charge is 0.256 e. The van der Waals surface area contributed by atoms with Gasteiger partial charge in [0.25, 0.3) is 5.91 Å².